The van der Waals surface area contributed by atoms with Crippen LogP contribution < -0.4 is 5.32 Å². The van der Waals surface area contributed by atoms with Gasteiger partial charge in [0.05, 0.1) is 28.9 Å². The van der Waals surface area contributed by atoms with Crippen LogP contribution in [0.2, 0.25) is 5.02 Å². The molecular formula is C19H23ClN4O6S. The summed E-state index contributed by atoms with van der Waals surface area (Å²) >= 11 is 7.46. The zero-order chi connectivity index (χ0) is 23.0. The number of fused-ring (bicyclic) bond motifs is 1. The molecule has 2 amide bonds. The maximum Gasteiger partial charge on any atom is 0.352 e. The fourth-order valence-corrected chi connectivity index (χ4v) is 4.94. The first-order chi connectivity index (χ1) is 14.5. The van der Waals surface area contributed by atoms with E-state index in [1.807, 2.05) is 6.92 Å². The lowest BCUT2D eigenvalue weighted by atomic mass is 10.0. The number of amides is 2. The Bertz CT molecular complexity index is 990. The molecule has 10 nitrogen and oxygen atoms in total. The number of nitrogens with zero attached hydrogens (tertiary/aromatic N) is 3. The van der Waals surface area contributed by atoms with E-state index in [1.165, 1.54) is 18.7 Å². The molecule has 0 unspecified atom stereocenters. The number of β-lactam (4-membered cyclic amide) rings is 1. The number of aromatic nitrogens is 2. The third kappa shape index (κ3) is 4.42. The predicted molar refractivity (Wildman–Crippen MR) is 112 cm³/mol. The molecule has 2 N–H and O–H groups in total. The van der Waals surface area contributed by atoms with Crippen molar-refractivity contribution < 1.29 is 29.0 Å². The normalized spacial score (nSPS) is 21.3. The maximum atomic E-state index is 12.7. The molecule has 2 aliphatic rings. The van der Waals surface area contributed by atoms with Gasteiger partial charge in [0.25, 0.3) is 5.91 Å². The monoisotopic (exact) mass is 470 g/mol. The Morgan fingerprint density at radius 3 is 2.61 bits per heavy atom. The van der Waals surface area contributed by atoms with Gasteiger partial charge < -0.3 is 15.2 Å². The molecule has 3 atom stereocenters. The Morgan fingerprint density at radius 2 is 2.06 bits per heavy atom. The largest absolute Gasteiger partial charge is 0.477 e. The average Bonchev–Trinajstić information content (AvgIpc) is 2.95. The van der Waals surface area contributed by atoms with Gasteiger partial charge in [-0.25, -0.2) is 4.79 Å². The molecule has 0 saturated carbocycles. The fraction of sp³-hybridized carbons (Fsp3) is 0.526. The molecule has 3 heterocycles. The van der Waals surface area contributed by atoms with Crippen molar-refractivity contribution in [2.45, 2.75) is 45.7 Å². The summed E-state index contributed by atoms with van der Waals surface area (Å²) in [7, 11) is 0. The van der Waals surface area contributed by atoms with Gasteiger partial charge in [-0.1, -0.05) is 18.5 Å². The molecule has 12 heteroatoms. The minimum atomic E-state index is -1.28. The van der Waals surface area contributed by atoms with Crippen molar-refractivity contribution >= 4 is 47.1 Å². The molecule has 168 valence electrons. The lowest BCUT2D eigenvalue weighted by molar-refractivity contribution is -0.151. The molecule has 1 saturated heterocycles. The maximum absolute atomic E-state index is 12.7. The van der Waals surface area contributed by atoms with E-state index in [2.05, 4.69) is 10.4 Å². The van der Waals surface area contributed by atoms with E-state index in [0.29, 0.717) is 22.8 Å². The van der Waals surface area contributed by atoms with Gasteiger partial charge in [0.15, 0.2) is 0 Å². The number of rotatable bonds is 7. The van der Waals surface area contributed by atoms with Gasteiger partial charge in [0, 0.05) is 18.2 Å². The van der Waals surface area contributed by atoms with Gasteiger partial charge in [0.2, 0.25) is 5.91 Å². The van der Waals surface area contributed by atoms with Gasteiger partial charge in [0.1, 0.15) is 23.7 Å². The highest BCUT2D eigenvalue weighted by Crippen LogP contribution is 2.40. The minimum Gasteiger partial charge on any atom is -0.477 e. The molecule has 0 aromatic carbocycles. The summed E-state index contributed by atoms with van der Waals surface area (Å²) in [6.45, 7) is 6.63. The van der Waals surface area contributed by atoms with Crippen LogP contribution in [0.1, 0.15) is 25.2 Å². The van der Waals surface area contributed by atoms with Crippen LogP contribution in [-0.2, 0) is 30.5 Å². The van der Waals surface area contributed by atoms with Crippen molar-refractivity contribution in [3.05, 3.63) is 27.7 Å². The van der Waals surface area contributed by atoms with Crippen molar-refractivity contribution in [3.63, 3.8) is 0 Å². The van der Waals surface area contributed by atoms with Crippen LogP contribution in [-0.4, -0.2) is 67.3 Å². The van der Waals surface area contributed by atoms with Gasteiger partial charge in [-0.15, -0.1) is 11.8 Å². The molecule has 31 heavy (non-hydrogen) atoms. The van der Waals surface area contributed by atoms with E-state index in [-0.39, 0.29) is 24.0 Å². The average molecular weight is 471 g/mol. The van der Waals surface area contributed by atoms with E-state index >= 15 is 0 Å². The van der Waals surface area contributed by atoms with Gasteiger partial charge >= 0.3 is 11.9 Å². The van der Waals surface area contributed by atoms with Gasteiger partial charge in [-0.05, 0) is 13.8 Å². The second kappa shape index (κ2) is 8.91. The van der Waals surface area contributed by atoms with Crippen LogP contribution in [0.15, 0.2) is 11.3 Å². The Kier molecular flexibility index (Phi) is 6.65. The first-order valence-electron chi connectivity index (χ1n) is 9.56. The number of carbonyl (C=O) groups is 4. The summed E-state index contributed by atoms with van der Waals surface area (Å²) in [5.41, 5.74) is 1.58. The molecule has 0 bridgehead atoms. The highest BCUT2D eigenvalue weighted by atomic mass is 35.5. The molecule has 1 aromatic heterocycles. The van der Waals surface area contributed by atoms with Crippen LogP contribution in [0, 0.1) is 19.8 Å². The van der Waals surface area contributed by atoms with Gasteiger partial charge in [-0.2, -0.15) is 5.10 Å². The van der Waals surface area contributed by atoms with Crippen molar-refractivity contribution in [1.82, 2.24) is 20.0 Å². The molecule has 1 aromatic rings. The number of halogens is 1. The smallest absolute Gasteiger partial charge is 0.352 e. The Morgan fingerprint density at radius 1 is 1.39 bits per heavy atom. The summed E-state index contributed by atoms with van der Waals surface area (Å²) in [6, 6.07) is -0.825. The zero-order valence-electron chi connectivity index (χ0n) is 17.5. The number of aryl methyl sites for hydroxylation is 1. The molecule has 0 spiro atoms. The standard InChI is InChI=1S/C19H23ClN4O6S/c1-8(5-23-10(3)13(20)9(2)22-23)16(26)21-14-17(27)24-15(19(28)29)12(6-30-11(4)25)7-31-18(14)24/h8,14,18H,5-7H2,1-4H3,(H,21,26)(H,28,29)/t8-,14-,18-/m0/s1. The Balaban J connectivity index is 1.67. The fourth-order valence-electron chi connectivity index (χ4n) is 3.47. The second-order valence-electron chi connectivity index (χ2n) is 7.50. The van der Waals surface area contributed by atoms with Crippen LogP contribution in [0.5, 0.6) is 0 Å². The third-order valence-electron chi connectivity index (χ3n) is 5.18. The Hall–Kier alpha value is -2.53. The zero-order valence-corrected chi connectivity index (χ0v) is 19.0. The summed E-state index contributed by atoms with van der Waals surface area (Å²) < 4.78 is 6.56. The number of carboxylic acids is 1. The van der Waals surface area contributed by atoms with E-state index < -0.39 is 35.2 Å². The van der Waals surface area contributed by atoms with Crippen molar-refractivity contribution in [2.75, 3.05) is 12.4 Å². The first kappa shape index (κ1) is 23.1. The van der Waals surface area contributed by atoms with Crippen molar-refractivity contribution in [2.24, 2.45) is 5.92 Å². The molecular weight excluding hydrogens is 448 g/mol. The molecule has 0 aliphatic carbocycles. The van der Waals surface area contributed by atoms with Gasteiger partial charge in [-0.3, -0.25) is 24.0 Å². The highest BCUT2D eigenvalue weighted by molar-refractivity contribution is 8.00. The lowest BCUT2D eigenvalue weighted by Crippen LogP contribution is -2.71. The van der Waals surface area contributed by atoms with Crippen LogP contribution in [0.4, 0.5) is 0 Å². The van der Waals surface area contributed by atoms with E-state index in [1.54, 1.807) is 18.5 Å². The molecule has 1 fully saturated rings. The SMILES string of the molecule is CC(=O)OCC1=C(C(=O)O)N2C(=O)[C@H](NC(=O)[C@@H](C)Cn3nc(C)c(Cl)c3C)[C@@H]2SC1. The summed E-state index contributed by atoms with van der Waals surface area (Å²) in [5, 5.41) is 16.6. The van der Waals surface area contributed by atoms with Crippen molar-refractivity contribution in [3.8, 4) is 0 Å². The molecule has 2 aliphatic heterocycles. The van der Waals surface area contributed by atoms with Crippen LogP contribution in [0.3, 0.4) is 0 Å². The quantitative estimate of drug-likeness (QED) is 0.447. The number of aliphatic carboxylic acids is 1. The second-order valence-corrected chi connectivity index (χ2v) is 8.98. The molecule has 3 rings (SSSR count). The topological polar surface area (TPSA) is 131 Å². The minimum absolute atomic E-state index is 0.189. The van der Waals surface area contributed by atoms with E-state index in [0.717, 1.165) is 10.6 Å². The number of carbonyl (C=O) groups excluding carboxylic acids is 3. The van der Waals surface area contributed by atoms with Crippen LogP contribution in [0.25, 0.3) is 0 Å². The number of ether oxygens (including phenoxy) is 1. The number of carboxylic acid groups (broad SMARTS) is 1. The summed E-state index contributed by atoms with van der Waals surface area (Å²) in [5.74, 6) is -2.88. The van der Waals surface area contributed by atoms with Crippen molar-refractivity contribution in [1.29, 1.82) is 0 Å². The highest BCUT2D eigenvalue weighted by Gasteiger charge is 2.54. The number of nitrogens with one attached hydrogen (secondary N) is 1. The number of thioether (sulfide) groups is 1. The van der Waals surface area contributed by atoms with E-state index in [9.17, 15) is 24.3 Å². The first-order valence-corrected chi connectivity index (χ1v) is 11.0. The number of esters is 1. The predicted octanol–water partition coefficient (Wildman–Crippen LogP) is 1.09. The lowest BCUT2D eigenvalue weighted by Gasteiger charge is -2.49. The van der Waals surface area contributed by atoms with Crippen LogP contribution >= 0.6 is 23.4 Å². The number of hydrogen-bond donors (Lipinski definition) is 2. The summed E-state index contributed by atoms with van der Waals surface area (Å²) in [4.78, 5) is 49.3. The summed E-state index contributed by atoms with van der Waals surface area (Å²) in [6.07, 6.45) is 0. The third-order valence-corrected chi connectivity index (χ3v) is 7.07. The number of hydrogen-bond acceptors (Lipinski definition) is 7. The van der Waals surface area contributed by atoms with E-state index in [4.69, 9.17) is 16.3 Å². The molecule has 0 radical (unpaired) electrons. The Labute approximate surface area is 187 Å².